The van der Waals surface area contributed by atoms with Crippen LogP contribution in [0, 0.1) is 0 Å². The summed E-state index contributed by atoms with van der Waals surface area (Å²) in [7, 11) is 0. The first kappa shape index (κ1) is 19.7. The van der Waals surface area contributed by atoms with Crippen molar-refractivity contribution in [2.45, 2.75) is 5.60 Å². The Balaban J connectivity index is 1.96. The highest BCUT2D eigenvalue weighted by Gasteiger charge is 2.42. The topological polar surface area (TPSA) is 52.3 Å². The molecule has 30 heavy (non-hydrogen) atoms. The summed E-state index contributed by atoms with van der Waals surface area (Å²) >= 11 is 6.65. The normalized spacial score (nSPS) is 11.1. The highest BCUT2D eigenvalue weighted by molar-refractivity contribution is 6.31. The molecule has 4 aromatic carbocycles. The van der Waals surface area contributed by atoms with Gasteiger partial charge in [-0.3, -0.25) is 0 Å². The third kappa shape index (κ3) is 3.68. The lowest BCUT2D eigenvalue weighted by atomic mass is 9.80. The molecule has 148 valence electrons. The van der Waals surface area contributed by atoms with E-state index in [1.165, 1.54) is 0 Å². The zero-order chi connectivity index (χ0) is 21.0. The van der Waals surface area contributed by atoms with Crippen LogP contribution in [0.2, 0.25) is 5.02 Å². The van der Waals surface area contributed by atoms with Crippen molar-refractivity contribution in [2.24, 2.45) is 0 Å². The molecule has 0 radical (unpaired) electrons. The van der Waals surface area contributed by atoms with E-state index in [1.807, 2.05) is 78.9 Å². The fourth-order valence-electron chi connectivity index (χ4n) is 3.56. The Morgan fingerprint density at radius 3 is 1.73 bits per heavy atom. The van der Waals surface area contributed by atoms with Gasteiger partial charge in [0.2, 0.25) is 0 Å². The Hall–Kier alpha value is -3.56. The minimum atomic E-state index is -1.22. The lowest BCUT2D eigenvalue weighted by Crippen LogP contribution is -2.35. The molecule has 0 bridgehead atoms. The number of anilines is 1. The minimum absolute atomic E-state index is 0.410. The van der Waals surface area contributed by atoms with Gasteiger partial charge in [-0.25, -0.2) is 4.79 Å². The second-order valence-corrected chi connectivity index (χ2v) is 7.31. The lowest BCUT2D eigenvalue weighted by molar-refractivity contribution is 0.0142. The highest BCUT2D eigenvalue weighted by Crippen LogP contribution is 2.43. The highest BCUT2D eigenvalue weighted by atomic mass is 35.5. The number of halogens is 1. The van der Waals surface area contributed by atoms with E-state index in [-0.39, 0.29) is 0 Å². The van der Waals surface area contributed by atoms with E-state index in [0.29, 0.717) is 21.8 Å². The van der Waals surface area contributed by atoms with Gasteiger partial charge in [0.15, 0.2) is 5.60 Å². The maximum atomic E-state index is 13.3. The molecule has 4 heteroatoms. The Morgan fingerprint density at radius 1 is 0.700 bits per heavy atom. The zero-order valence-electron chi connectivity index (χ0n) is 16.2. The molecule has 0 spiro atoms. The average molecular weight is 414 g/mol. The fraction of sp³-hybridized carbons (Fsp3) is 0.0385. The maximum absolute atomic E-state index is 13.3. The first-order chi connectivity index (χ1) is 14.6. The summed E-state index contributed by atoms with van der Waals surface area (Å²) in [4.78, 5) is 13.3. The third-order valence-corrected chi connectivity index (χ3v) is 5.34. The first-order valence-corrected chi connectivity index (χ1v) is 9.94. The largest absolute Gasteiger partial charge is 0.441 e. The smallest absolute Gasteiger partial charge is 0.339 e. The summed E-state index contributed by atoms with van der Waals surface area (Å²) in [5.74, 6) is -0.470. The number of hydrogen-bond acceptors (Lipinski definition) is 3. The van der Waals surface area contributed by atoms with E-state index in [0.717, 1.165) is 11.1 Å². The van der Waals surface area contributed by atoms with Crippen LogP contribution in [0.5, 0.6) is 0 Å². The van der Waals surface area contributed by atoms with E-state index < -0.39 is 11.6 Å². The van der Waals surface area contributed by atoms with Crippen LogP contribution in [0.1, 0.15) is 27.0 Å². The summed E-state index contributed by atoms with van der Waals surface area (Å²) in [6.07, 6.45) is 0. The van der Waals surface area contributed by atoms with Crippen LogP contribution < -0.4 is 5.73 Å². The second kappa shape index (κ2) is 8.44. The number of benzene rings is 4. The molecule has 0 saturated carbocycles. The molecule has 4 aromatic rings. The van der Waals surface area contributed by atoms with Gasteiger partial charge in [-0.1, -0.05) is 90.5 Å². The van der Waals surface area contributed by atoms with Gasteiger partial charge in [0.1, 0.15) is 0 Å². The average Bonchev–Trinajstić information content (AvgIpc) is 2.79. The van der Waals surface area contributed by atoms with Crippen LogP contribution in [0.4, 0.5) is 5.69 Å². The quantitative estimate of drug-likeness (QED) is 0.245. The molecular weight excluding hydrogens is 394 g/mol. The van der Waals surface area contributed by atoms with E-state index in [2.05, 4.69) is 0 Å². The van der Waals surface area contributed by atoms with Gasteiger partial charge in [0.25, 0.3) is 0 Å². The molecule has 0 fully saturated rings. The Bertz CT molecular complexity index is 1100. The van der Waals surface area contributed by atoms with Gasteiger partial charge < -0.3 is 10.5 Å². The van der Waals surface area contributed by atoms with Crippen molar-refractivity contribution in [2.75, 3.05) is 5.73 Å². The monoisotopic (exact) mass is 413 g/mol. The second-order valence-electron chi connectivity index (χ2n) is 6.90. The number of nitrogen functional groups attached to an aromatic ring is 1. The minimum Gasteiger partial charge on any atom is -0.441 e. The number of nitrogens with two attached hydrogens (primary N) is 1. The van der Waals surface area contributed by atoms with Crippen LogP contribution in [0.25, 0.3) is 0 Å². The van der Waals surface area contributed by atoms with Crippen molar-refractivity contribution in [3.63, 3.8) is 0 Å². The number of esters is 1. The number of carbonyl (C=O) groups is 1. The third-order valence-electron chi connectivity index (χ3n) is 5.01. The Morgan fingerprint density at radius 2 is 1.20 bits per heavy atom. The van der Waals surface area contributed by atoms with Gasteiger partial charge in [0.05, 0.1) is 5.56 Å². The summed E-state index contributed by atoms with van der Waals surface area (Å²) in [6, 6.07) is 33.4. The van der Waals surface area contributed by atoms with Crippen LogP contribution in [0.3, 0.4) is 0 Å². The number of hydrogen-bond donors (Lipinski definition) is 1. The number of ether oxygens (including phenoxy) is 1. The molecule has 0 aromatic heterocycles. The van der Waals surface area contributed by atoms with Gasteiger partial charge in [-0.2, -0.15) is 0 Å². The molecule has 0 atom stereocenters. The Labute approximate surface area is 180 Å². The van der Waals surface area contributed by atoms with Gasteiger partial charge in [-0.15, -0.1) is 0 Å². The zero-order valence-corrected chi connectivity index (χ0v) is 16.9. The number of rotatable bonds is 5. The lowest BCUT2D eigenvalue weighted by Gasteiger charge is -2.36. The first-order valence-electron chi connectivity index (χ1n) is 9.56. The summed E-state index contributed by atoms with van der Waals surface area (Å²) in [5, 5.41) is 0.510. The van der Waals surface area contributed by atoms with Crippen molar-refractivity contribution in [3.8, 4) is 0 Å². The molecule has 0 unspecified atom stereocenters. The SMILES string of the molecule is Nc1ccc(C(=O)OC(c2ccccc2)(c2ccccc2)c2ccccc2Cl)cc1. The molecule has 3 nitrogen and oxygen atoms in total. The summed E-state index contributed by atoms with van der Waals surface area (Å²) in [5.41, 5.74) is 7.83. The van der Waals surface area contributed by atoms with Crippen LogP contribution in [-0.4, -0.2) is 5.97 Å². The molecule has 2 N–H and O–H groups in total. The molecule has 4 rings (SSSR count). The standard InChI is InChI=1S/C26H20ClNO2/c27-24-14-8-7-13-23(24)26(20-9-3-1-4-10-20,21-11-5-2-6-12-21)30-25(29)19-15-17-22(28)18-16-19/h1-18H,28H2. The van der Waals surface area contributed by atoms with Crippen LogP contribution in [-0.2, 0) is 10.3 Å². The molecule has 0 aliphatic carbocycles. The molecule has 0 aliphatic rings. The van der Waals surface area contributed by atoms with Crippen molar-refractivity contribution >= 4 is 23.3 Å². The van der Waals surface area contributed by atoms with Crippen LogP contribution in [0.15, 0.2) is 109 Å². The van der Waals surface area contributed by atoms with Gasteiger partial charge >= 0.3 is 5.97 Å². The summed E-state index contributed by atoms with van der Waals surface area (Å²) < 4.78 is 6.34. The molecule has 0 heterocycles. The van der Waals surface area contributed by atoms with Crippen molar-refractivity contribution in [1.29, 1.82) is 0 Å². The Kier molecular flexibility index (Phi) is 5.55. The van der Waals surface area contributed by atoms with E-state index >= 15 is 0 Å². The van der Waals surface area contributed by atoms with Crippen molar-refractivity contribution < 1.29 is 9.53 Å². The predicted octanol–water partition coefficient (Wildman–Crippen LogP) is 6.07. The van der Waals surface area contributed by atoms with E-state index in [4.69, 9.17) is 22.1 Å². The predicted molar refractivity (Wildman–Crippen MR) is 120 cm³/mol. The van der Waals surface area contributed by atoms with Gasteiger partial charge in [0, 0.05) is 27.4 Å². The molecule has 0 aliphatic heterocycles. The van der Waals surface area contributed by atoms with Crippen molar-refractivity contribution in [1.82, 2.24) is 0 Å². The molecular formula is C26H20ClNO2. The van der Waals surface area contributed by atoms with E-state index in [9.17, 15) is 4.79 Å². The van der Waals surface area contributed by atoms with Crippen LogP contribution >= 0.6 is 11.6 Å². The molecule has 0 amide bonds. The van der Waals surface area contributed by atoms with Crippen molar-refractivity contribution in [3.05, 3.63) is 136 Å². The van der Waals surface area contributed by atoms with E-state index in [1.54, 1.807) is 30.3 Å². The fourth-order valence-corrected chi connectivity index (χ4v) is 3.83. The maximum Gasteiger partial charge on any atom is 0.339 e. The number of carbonyl (C=O) groups excluding carboxylic acids is 1. The molecule has 0 saturated heterocycles. The summed E-state index contributed by atoms with van der Waals surface area (Å²) in [6.45, 7) is 0. The van der Waals surface area contributed by atoms with Gasteiger partial charge in [-0.05, 0) is 30.3 Å².